The van der Waals surface area contributed by atoms with Crippen LogP contribution in [0.4, 0.5) is 4.79 Å². The van der Waals surface area contributed by atoms with E-state index in [4.69, 9.17) is 14.2 Å². The smallest absolute Gasteiger partial charge is 0.410 e. The van der Waals surface area contributed by atoms with Crippen LogP contribution in [0.15, 0.2) is 0 Å². The molecule has 1 heterocycles. The first kappa shape index (κ1) is 16.2. The molecule has 0 unspecified atom stereocenters. The lowest BCUT2D eigenvalue weighted by Gasteiger charge is -2.32. The standard InChI is InChI=1S/C14H27NO4/c1-6-12(18-10-17-5)11-8-7-9-15(11)13(16)19-14(2,3)4/h11-12H,6-10H2,1-5H3/t11-,12+/m0/s1. The normalized spacial score (nSPS) is 21.5. The van der Waals surface area contributed by atoms with Crippen LogP contribution in [0.25, 0.3) is 0 Å². The minimum atomic E-state index is -0.459. The average Bonchev–Trinajstić information content (AvgIpc) is 2.77. The number of rotatable bonds is 5. The van der Waals surface area contributed by atoms with Crippen LogP contribution in [0.3, 0.4) is 0 Å². The van der Waals surface area contributed by atoms with E-state index in [2.05, 4.69) is 6.92 Å². The van der Waals surface area contributed by atoms with Gasteiger partial charge >= 0.3 is 6.09 Å². The molecule has 0 saturated carbocycles. The third-order valence-electron chi connectivity index (χ3n) is 3.16. The van der Waals surface area contributed by atoms with Gasteiger partial charge in [-0.1, -0.05) is 6.92 Å². The molecule has 112 valence electrons. The fraction of sp³-hybridized carbons (Fsp3) is 0.929. The van der Waals surface area contributed by atoms with Crippen LogP contribution in [0.1, 0.15) is 47.0 Å². The molecule has 5 heteroatoms. The Morgan fingerprint density at radius 3 is 2.63 bits per heavy atom. The van der Waals surface area contributed by atoms with Gasteiger partial charge in [0.05, 0.1) is 12.1 Å². The summed E-state index contributed by atoms with van der Waals surface area (Å²) in [4.78, 5) is 14.0. The van der Waals surface area contributed by atoms with E-state index in [1.54, 1.807) is 12.0 Å². The summed E-state index contributed by atoms with van der Waals surface area (Å²) in [6.07, 6.45) is 2.58. The second-order valence-corrected chi connectivity index (χ2v) is 5.90. The van der Waals surface area contributed by atoms with Crippen molar-refractivity contribution in [3.8, 4) is 0 Å². The first-order valence-electron chi connectivity index (χ1n) is 6.99. The monoisotopic (exact) mass is 273 g/mol. The number of likely N-dealkylation sites (tertiary alicyclic amines) is 1. The summed E-state index contributed by atoms with van der Waals surface area (Å²) in [6, 6.07) is 0.0926. The van der Waals surface area contributed by atoms with E-state index >= 15 is 0 Å². The Hall–Kier alpha value is -0.810. The molecule has 5 nitrogen and oxygen atoms in total. The molecule has 1 fully saturated rings. The average molecular weight is 273 g/mol. The van der Waals surface area contributed by atoms with E-state index in [-0.39, 0.29) is 25.0 Å². The molecule has 1 aliphatic rings. The molecule has 19 heavy (non-hydrogen) atoms. The zero-order valence-corrected chi connectivity index (χ0v) is 12.8. The van der Waals surface area contributed by atoms with Gasteiger partial charge in [-0.05, 0) is 40.0 Å². The van der Waals surface area contributed by atoms with E-state index in [0.29, 0.717) is 0 Å². The van der Waals surface area contributed by atoms with E-state index in [9.17, 15) is 4.79 Å². The summed E-state index contributed by atoms with van der Waals surface area (Å²) in [5.74, 6) is 0. The largest absolute Gasteiger partial charge is 0.444 e. The van der Waals surface area contributed by atoms with Gasteiger partial charge in [0.15, 0.2) is 0 Å². The Balaban J connectivity index is 2.63. The third-order valence-corrected chi connectivity index (χ3v) is 3.16. The lowest BCUT2D eigenvalue weighted by Crippen LogP contribution is -2.46. The molecule has 0 aromatic rings. The number of amides is 1. The molecule has 0 aliphatic carbocycles. The third kappa shape index (κ3) is 4.99. The molecule has 0 N–H and O–H groups in total. The van der Waals surface area contributed by atoms with Gasteiger partial charge in [-0.3, -0.25) is 0 Å². The molecule has 0 aromatic heterocycles. The molecule has 0 bridgehead atoms. The summed E-state index contributed by atoms with van der Waals surface area (Å²) in [5, 5.41) is 0. The number of nitrogens with zero attached hydrogens (tertiary/aromatic N) is 1. The molecule has 0 spiro atoms. The van der Waals surface area contributed by atoms with Gasteiger partial charge in [-0.2, -0.15) is 0 Å². The Morgan fingerprint density at radius 1 is 1.42 bits per heavy atom. The molecule has 1 rings (SSSR count). The van der Waals surface area contributed by atoms with Crippen molar-refractivity contribution >= 4 is 6.09 Å². The summed E-state index contributed by atoms with van der Waals surface area (Å²) in [6.45, 7) is 8.72. The topological polar surface area (TPSA) is 48.0 Å². The van der Waals surface area contributed by atoms with Gasteiger partial charge in [0.1, 0.15) is 12.4 Å². The molecule has 0 aromatic carbocycles. The molecular formula is C14H27NO4. The Kier molecular flexibility index (Phi) is 6.07. The van der Waals surface area contributed by atoms with Crippen molar-refractivity contribution in [3.05, 3.63) is 0 Å². The van der Waals surface area contributed by atoms with Crippen LogP contribution < -0.4 is 0 Å². The number of ether oxygens (including phenoxy) is 3. The van der Waals surface area contributed by atoms with Crippen LogP contribution >= 0.6 is 0 Å². The number of hydrogen-bond donors (Lipinski definition) is 0. The molecule has 0 radical (unpaired) electrons. The first-order chi connectivity index (χ1) is 8.89. The summed E-state index contributed by atoms with van der Waals surface area (Å²) < 4.78 is 16.1. The quantitative estimate of drug-likeness (QED) is 0.723. The molecular weight excluding hydrogens is 246 g/mol. The zero-order chi connectivity index (χ0) is 14.5. The van der Waals surface area contributed by atoms with E-state index in [0.717, 1.165) is 25.8 Å². The molecule has 2 atom stereocenters. The van der Waals surface area contributed by atoms with Gasteiger partial charge in [-0.25, -0.2) is 4.79 Å². The van der Waals surface area contributed by atoms with Gasteiger partial charge in [0.2, 0.25) is 0 Å². The number of carbonyl (C=O) groups is 1. The van der Waals surface area contributed by atoms with Crippen molar-refractivity contribution in [2.24, 2.45) is 0 Å². The van der Waals surface area contributed by atoms with Crippen molar-refractivity contribution in [1.29, 1.82) is 0 Å². The zero-order valence-electron chi connectivity index (χ0n) is 12.8. The highest BCUT2D eigenvalue weighted by molar-refractivity contribution is 5.69. The van der Waals surface area contributed by atoms with Crippen molar-refractivity contribution in [2.45, 2.75) is 64.7 Å². The van der Waals surface area contributed by atoms with Crippen LogP contribution in [0, 0.1) is 0 Å². The maximum Gasteiger partial charge on any atom is 0.410 e. The minimum absolute atomic E-state index is 0.00923. The van der Waals surface area contributed by atoms with Gasteiger partial charge in [-0.15, -0.1) is 0 Å². The van der Waals surface area contributed by atoms with Gasteiger partial charge in [0.25, 0.3) is 0 Å². The SMILES string of the molecule is CC[C@@H](OCOC)[C@@H]1CCCN1C(=O)OC(C)(C)C. The van der Waals surface area contributed by atoms with Crippen LogP contribution in [0.2, 0.25) is 0 Å². The number of carbonyl (C=O) groups excluding carboxylic acids is 1. The Bertz CT molecular complexity index is 288. The highest BCUT2D eigenvalue weighted by Gasteiger charge is 2.36. The number of methoxy groups -OCH3 is 1. The lowest BCUT2D eigenvalue weighted by atomic mass is 10.1. The van der Waals surface area contributed by atoms with Crippen LogP contribution in [-0.2, 0) is 14.2 Å². The number of hydrogen-bond acceptors (Lipinski definition) is 4. The lowest BCUT2D eigenvalue weighted by molar-refractivity contribution is -0.0957. The van der Waals surface area contributed by atoms with Crippen molar-refractivity contribution in [1.82, 2.24) is 4.90 Å². The highest BCUT2D eigenvalue weighted by atomic mass is 16.7. The predicted molar refractivity (Wildman–Crippen MR) is 73.0 cm³/mol. The van der Waals surface area contributed by atoms with Crippen LogP contribution in [-0.4, -0.2) is 49.2 Å². The predicted octanol–water partition coefficient (Wildman–Crippen LogP) is 2.79. The molecule has 1 aliphatic heterocycles. The summed E-state index contributed by atoms with van der Waals surface area (Å²) in [7, 11) is 1.60. The van der Waals surface area contributed by atoms with E-state index in [1.807, 2.05) is 20.8 Å². The minimum Gasteiger partial charge on any atom is -0.444 e. The maximum absolute atomic E-state index is 12.2. The fourth-order valence-corrected chi connectivity index (χ4v) is 2.38. The highest BCUT2D eigenvalue weighted by Crippen LogP contribution is 2.25. The van der Waals surface area contributed by atoms with Crippen molar-refractivity contribution in [2.75, 3.05) is 20.4 Å². The maximum atomic E-state index is 12.2. The van der Waals surface area contributed by atoms with E-state index < -0.39 is 5.60 Å². The van der Waals surface area contributed by atoms with Gasteiger partial charge < -0.3 is 19.1 Å². The van der Waals surface area contributed by atoms with E-state index in [1.165, 1.54) is 0 Å². The Morgan fingerprint density at radius 2 is 2.11 bits per heavy atom. The second-order valence-electron chi connectivity index (χ2n) is 5.90. The van der Waals surface area contributed by atoms with Crippen LogP contribution in [0.5, 0.6) is 0 Å². The summed E-state index contributed by atoms with van der Waals surface area (Å²) in [5.41, 5.74) is -0.459. The second kappa shape index (κ2) is 7.10. The Labute approximate surface area is 116 Å². The first-order valence-corrected chi connectivity index (χ1v) is 6.99. The molecule has 1 amide bonds. The van der Waals surface area contributed by atoms with Crippen molar-refractivity contribution < 1.29 is 19.0 Å². The van der Waals surface area contributed by atoms with Gasteiger partial charge in [0, 0.05) is 13.7 Å². The molecule has 1 saturated heterocycles. The van der Waals surface area contributed by atoms with Crippen molar-refractivity contribution in [3.63, 3.8) is 0 Å². The summed E-state index contributed by atoms with van der Waals surface area (Å²) >= 11 is 0. The fourth-order valence-electron chi connectivity index (χ4n) is 2.38.